The van der Waals surface area contributed by atoms with E-state index in [-0.39, 0.29) is 57.6 Å². The van der Waals surface area contributed by atoms with E-state index in [1.165, 1.54) is 0 Å². The van der Waals surface area contributed by atoms with Crippen molar-refractivity contribution in [2.24, 2.45) is 23.7 Å². The van der Waals surface area contributed by atoms with Crippen LogP contribution in [0.3, 0.4) is 0 Å². The number of fused-ring (bicyclic) bond motifs is 5. The first kappa shape index (κ1) is 17.2. The Morgan fingerprint density at radius 1 is 1.12 bits per heavy atom. The SMILES string of the molecule is Cc1ccccc1NC(=O)CN1C(=O)[C@@H]2[C@H]3C[C@@H]([C@H](Br)[C@@H]3Br)[C@@H]2C1=O. The summed E-state index contributed by atoms with van der Waals surface area (Å²) in [7, 11) is 0. The van der Waals surface area contributed by atoms with Gasteiger partial charge in [-0.25, -0.2) is 0 Å². The third-order valence-corrected chi connectivity index (χ3v) is 9.01. The first-order valence-electron chi connectivity index (χ1n) is 8.39. The van der Waals surface area contributed by atoms with Gasteiger partial charge in [0.25, 0.3) is 0 Å². The second-order valence-corrected chi connectivity index (χ2v) is 9.24. The van der Waals surface area contributed by atoms with E-state index >= 15 is 0 Å². The van der Waals surface area contributed by atoms with E-state index in [0.717, 1.165) is 16.9 Å². The molecule has 132 valence electrons. The summed E-state index contributed by atoms with van der Waals surface area (Å²) in [5.74, 6) is -0.934. The summed E-state index contributed by atoms with van der Waals surface area (Å²) in [6.45, 7) is 1.69. The molecule has 2 aliphatic carbocycles. The van der Waals surface area contributed by atoms with Crippen LogP contribution in [0.2, 0.25) is 0 Å². The number of likely N-dealkylation sites (tertiary alicyclic amines) is 1. The highest BCUT2D eigenvalue weighted by Crippen LogP contribution is 2.60. The molecule has 5 nitrogen and oxygen atoms in total. The Morgan fingerprint density at radius 3 is 2.24 bits per heavy atom. The van der Waals surface area contributed by atoms with Gasteiger partial charge in [0.2, 0.25) is 17.7 Å². The number of benzene rings is 1. The predicted molar refractivity (Wildman–Crippen MR) is 101 cm³/mol. The van der Waals surface area contributed by atoms with Crippen LogP contribution in [0.1, 0.15) is 12.0 Å². The maximum atomic E-state index is 12.8. The summed E-state index contributed by atoms with van der Waals surface area (Å²) < 4.78 is 0. The molecular weight excluding hydrogens is 452 g/mol. The maximum Gasteiger partial charge on any atom is 0.244 e. The molecule has 2 saturated carbocycles. The first-order chi connectivity index (χ1) is 11.9. The molecule has 1 aromatic rings. The van der Waals surface area contributed by atoms with Gasteiger partial charge >= 0.3 is 0 Å². The topological polar surface area (TPSA) is 66.5 Å². The molecule has 2 bridgehead atoms. The molecule has 6 atom stereocenters. The van der Waals surface area contributed by atoms with Gasteiger partial charge in [0.1, 0.15) is 6.54 Å². The number of rotatable bonds is 3. The van der Waals surface area contributed by atoms with Crippen LogP contribution in [0.5, 0.6) is 0 Å². The normalized spacial score (nSPS) is 36.0. The molecule has 3 aliphatic rings. The average molecular weight is 470 g/mol. The van der Waals surface area contributed by atoms with Gasteiger partial charge < -0.3 is 5.32 Å². The Morgan fingerprint density at radius 2 is 1.68 bits per heavy atom. The molecule has 1 aliphatic heterocycles. The summed E-state index contributed by atoms with van der Waals surface area (Å²) in [6.07, 6.45) is 0.891. The molecule has 4 rings (SSSR count). The number of nitrogens with zero attached hydrogens (tertiary/aromatic N) is 1. The zero-order valence-electron chi connectivity index (χ0n) is 13.6. The Kier molecular flexibility index (Phi) is 4.27. The van der Waals surface area contributed by atoms with Gasteiger partial charge in [0.15, 0.2) is 0 Å². The number of halogens is 2. The highest BCUT2D eigenvalue weighted by molar-refractivity contribution is 9.12. The Labute approximate surface area is 162 Å². The van der Waals surface area contributed by atoms with Crippen molar-refractivity contribution in [1.82, 2.24) is 4.90 Å². The van der Waals surface area contributed by atoms with Crippen molar-refractivity contribution >= 4 is 55.3 Å². The smallest absolute Gasteiger partial charge is 0.244 e. The number of nitrogens with one attached hydrogen (secondary N) is 1. The number of alkyl halides is 2. The number of aryl methyl sites for hydroxylation is 1. The molecule has 0 unspecified atom stereocenters. The van der Waals surface area contributed by atoms with Crippen LogP contribution in [-0.4, -0.2) is 38.8 Å². The molecule has 1 N–H and O–H groups in total. The lowest BCUT2D eigenvalue weighted by Crippen LogP contribution is -2.39. The monoisotopic (exact) mass is 468 g/mol. The van der Waals surface area contributed by atoms with Crippen LogP contribution in [0.15, 0.2) is 24.3 Å². The van der Waals surface area contributed by atoms with E-state index in [4.69, 9.17) is 0 Å². The zero-order chi connectivity index (χ0) is 17.9. The molecule has 0 spiro atoms. The number of amides is 3. The molecular formula is C18H18Br2N2O3. The number of para-hydroxylation sites is 1. The molecule has 1 saturated heterocycles. The van der Waals surface area contributed by atoms with Crippen molar-refractivity contribution in [3.63, 3.8) is 0 Å². The van der Waals surface area contributed by atoms with E-state index < -0.39 is 0 Å². The lowest BCUT2D eigenvalue weighted by molar-refractivity contribution is -0.143. The van der Waals surface area contributed by atoms with E-state index in [9.17, 15) is 14.4 Å². The second kappa shape index (κ2) is 6.20. The third-order valence-electron chi connectivity index (χ3n) is 5.80. The summed E-state index contributed by atoms with van der Waals surface area (Å²) >= 11 is 7.32. The Balaban J connectivity index is 1.49. The van der Waals surface area contributed by atoms with Crippen molar-refractivity contribution in [3.8, 4) is 0 Å². The van der Waals surface area contributed by atoms with Crippen molar-refractivity contribution in [2.75, 3.05) is 11.9 Å². The van der Waals surface area contributed by atoms with Gasteiger partial charge in [-0.3, -0.25) is 19.3 Å². The quantitative estimate of drug-likeness (QED) is 0.546. The predicted octanol–water partition coefficient (Wildman–Crippen LogP) is 2.71. The second-order valence-electron chi connectivity index (χ2n) is 7.13. The number of carbonyl (C=O) groups excluding carboxylic acids is 3. The van der Waals surface area contributed by atoms with Gasteiger partial charge in [-0.15, -0.1) is 0 Å². The van der Waals surface area contributed by atoms with E-state index in [1.807, 2.05) is 25.1 Å². The Bertz CT molecular complexity index is 736. The van der Waals surface area contributed by atoms with Crippen LogP contribution in [-0.2, 0) is 14.4 Å². The number of hydrogen-bond donors (Lipinski definition) is 1. The number of imide groups is 1. The highest BCUT2D eigenvalue weighted by Gasteiger charge is 2.66. The molecule has 0 aromatic heterocycles. The summed E-state index contributed by atoms with van der Waals surface area (Å²) in [4.78, 5) is 39.5. The fourth-order valence-corrected chi connectivity index (χ4v) is 6.49. The largest absolute Gasteiger partial charge is 0.324 e. The van der Waals surface area contributed by atoms with Crippen molar-refractivity contribution in [1.29, 1.82) is 0 Å². The van der Waals surface area contributed by atoms with Crippen LogP contribution in [0.25, 0.3) is 0 Å². The van der Waals surface area contributed by atoms with Gasteiger partial charge in [0.05, 0.1) is 11.8 Å². The number of hydrogen-bond acceptors (Lipinski definition) is 3. The Hall–Kier alpha value is -1.21. The van der Waals surface area contributed by atoms with E-state index in [2.05, 4.69) is 37.2 Å². The van der Waals surface area contributed by atoms with Gasteiger partial charge in [-0.2, -0.15) is 0 Å². The molecule has 1 heterocycles. The van der Waals surface area contributed by atoms with Gasteiger partial charge in [0, 0.05) is 15.3 Å². The lowest BCUT2D eigenvalue weighted by Gasteiger charge is -2.28. The third kappa shape index (κ3) is 2.58. The highest BCUT2D eigenvalue weighted by atomic mass is 79.9. The van der Waals surface area contributed by atoms with Crippen LogP contribution < -0.4 is 5.32 Å². The van der Waals surface area contributed by atoms with E-state index in [1.54, 1.807) is 6.07 Å². The molecule has 0 radical (unpaired) electrons. The number of anilines is 1. The summed E-state index contributed by atoms with van der Waals surface area (Å²) in [5.41, 5.74) is 1.64. The van der Waals surface area contributed by atoms with Crippen LogP contribution in [0.4, 0.5) is 5.69 Å². The summed E-state index contributed by atoms with van der Waals surface area (Å²) in [5, 5.41) is 2.80. The fourth-order valence-electron chi connectivity index (χ4n) is 4.61. The van der Waals surface area contributed by atoms with Gasteiger partial charge in [-0.05, 0) is 36.8 Å². The van der Waals surface area contributed by atoms with Crippen LogP contribution in [0, 0.1) is 30.6 Å². The molecule has 25 heavy (non-hydrogen) atoms. The minimum atomic E-state index is -0.339. The van der Waals surface area contributed by atoms with Crippen LogP contribution >= 0.6 is 31.9 Å². The van der Waals surface area contributed by atoms with Crippen molar-refractivity contribution in [3.05, 3.63) is 29.8 Å². The minimum absolute atomic E-state index is 0.167. The maximum absolute atomic E-state index is 12.8. The lowest BCUT2D eigenvalue weighted by atomic mass is 9.81. The average Bonchev–Trinajstić information content (AvgIpc) is 3.17. The standard InChI is InChI=1S/C18H18Br2N2O3/c1-8-4-2-3-5-11(8)21-12(23)7-22-17(24)13-9-6-10(14(13)18(22)25)16(20)15(9)19/h2-5,9-10,13-16H,6-7H2,1H3,(H,21,23)/t9-,10-,13-,14+,15-,16+/m1/s1. The zero-order valence-corrected chi connectivity index (χ0v) is 16.8. The fraction of sp³-hybridized carbons (Fsp3) is 0.500. The molecule has 7 heteroatoms. The summed E-state index contributed by atoms with van der Waals surface area (Å²) in [6, 6.07) is 7.43. The molecule has 3 fully saturated rings. The number of carbonyl (C=O) groups is 3. The van der Waals surface area contributed by atoms with E-state index in [0.29, 0.717) is 5.69 Å². The first-order valence-corrected chi connectivity index (χ1v) is 10.2. The van der Waals surface area contributed by atoms with Crippen molar-refractivity contribution < 1.29 is 14.4 Å². The molecule has 3 amide bonds. The molecule has 1 aromatic carbocycles. The van der Waals surface area contributed by atoms with Crippen molar-refractivity contribution in [2.45, 2.75) is 23.0 Å². The van der Waals surface area contributed by atoms with Gasteiger partial charge in [-0.1, -0.05) is 50.1 Å². The minimum Gasteiger partial charge on any atom is -0.324 e.